The van der Waals surface area contributed by atoms with Crippen molar-refractivity contribution in [2.45, 2.75) is 6.92 Å². The number of halogens is 2. The molecule has 2 heterocycles. The highest BCUT2D eigenvalue weighted by atomic mass is 35.5. The Morgan fingerprint density at radius 2 is 1.89 bits per heavy atom. The van der Waals surface area contributed by atoms with Gasteiger partial charge in [-0.05, 0) is 6.92 Å². The predicted molar refractivity (Wildman–Crippen MR) is 71.0 cm³/mol. The number of aromatic nitrogens is 2. The lowest BCUT2D eigenvalue weighted by Crippen LogP contribution is -2.37. The van der Waals surface area contributed by atoms with Gasteiger partial charge < -0.3 is 14.4 Å². The minimum absolute atomic E-state index is 0.0000539. The van der Waals surface area contributed by atoms with E-state index >= 15 is 0 Å². The van der Waals surface area contributed by atoms with Gasteiger partial charge in [0.2, 0.25) is 5.95 Å². The van der Waals surface area contributed by atoms with Gasteiger partial charge >= 0.3 is 5.97 Å². The van der Waals surface area contributed by atoms with Crippen molar-refractivity contribution in [3.8, 4) is 0 Å². The van der Waals surface area contributed by atoms with Gasteiger partial charge in [-0.3, -0.25) is 0 Å². The summed E-state index contributed by atoms with van der Waals surface area (Å²) in [5, 5.41) is -0.000108. The zero-order valence-electron chi connectivity index (χ0n) is 10.4. The summed E-state index contributed by atoms with van der Waals surface area (Å²) in [6.45, 7) is 4.44. The first-order valence-electron chi connectivity index (χ1n) is 5.86. The lowest BCUT2D eigenvalue weighted by molar-refractivity contribution is 0.0526. The molecule has 2 rings (SSSR count). The number of esters is 1. The monoisotopic (exact) mass is 305 g/mol. The van der Waals surface area contributed by atoms with Crippen LogP contribution in [0.25, 0.3) is 0 Å². The minimum atomic E-state index is -0.619. The molecule has 6 nitrogen and oxygen atoms in total. The molecule has 0 spiro atoms. The number of ether oxygens (including phenoxy) is 2. The van der Waals surface area contributed by atoms with E-state index in [0.29, 0.717) is 32.3 Å². The first kappa shape index (κ1) is 14.3. The number of hydrogen-bond donors (Lipinski definition) is 0. The maximum Gasteiger partial charge on any atom is 0.344 e. The number of anilines is 1. The molecule has 104 valence electrons. The topological polar surface area (TPSA) is 64.5 Å². The van der Waals surface area contributed by atoms with E-state index < -0.39 is 5.97 Å². The molecular formula is C11H13Cl2N3O3. The van der Waals surface area contributed by atoms with Crippen LogP contribution in [0.2, 0.25) is 10.3 Å². The van der Waals surface area contributed by atoms with Crippen LogP contribution in [0.3, 0.4) is 0 Å². The molecule has 0 unspecified atom stereocenters. The molecule has 0 atom stereocenters. The molecule has 1 aliphatic rings. The lowest BCUT2D eigenvalue weighted by Gasteiger charge is -2.27. The number of nitrogens with zero attached hydrogens (tertiary/aromatic N) is 3. The van der Waals surface area contributed by atoms with Crippen molar-refractivity contribution in [1.82, 2.24) is 9.97 Å². The molecule has 0 radical (unpaired) electrons. The summed E-state index contributed by atoms with van der Waals surface area (Å²) >= 11 is 12.0. The smallest absolute Gasteiger partial charge is 0.344 e. The largest absolute Gasteiger partial charge is 0.462 e. The SMILES string of the molecule is CCOC(=O)c1c(Cl)nc(N2CCOCC2)nc1Cl. The maximum atomic E-state index is 11.7. The molecule has 0 amide bonds. The highest BCUT2D eigenvalue weighted by molar-refractivity contribution is 6.38. The van der Waals surface area contributed by atoms with Gasteiger partial charge in [0, 0.05) is 13.1 Å². The van der Waals surface area contributed by atoms with E-state index in [4.69, 9.17) is 32.7 Å². The number of rotatable bonds is 3. The second kappa shape index (κ2) is 6.36. The van der Waals surface area contributed by atoms with Crippen molar-refractivity contribution in [2.75, 3.05) is 37.8 Å². The summed E-state index contributed by atoms with van der Waals surface area (Å²) in [7, 11) is 0. The van der Waals surface area contributed by atoms with Gasteiger partial charge in [0.1, 0.15) is 5.56 Å². The van der Waals surface area contributed by atoms with Crippen molar-refractivity contribution in [3.63, 3.8) is 0 Å². The Morgan fingerprint density at radius 3 is 2.42 bits per heavy atom. The molecule has 19 heavy (non-hydrogen) atoms. The summed E-state index contributed by atoms with van der Waals surface area (Å²) in [6, 6.07) is 0. The third kappa shape index (κ3) is 3.26. The Labute approximate surface area is 120 Å². The first-order valence-corrected chi connectivity index (χ1v) is 6.62. The summed E-state index contributed by atoms with van der Waals surface area (Å²) in [4.78, 5) is 21.8. The van der Waals surface area contributed by atoms with Crippen LogP contribution in [-0.4, -0.2) is 48.8 Å². The Kier molecular flexibility index (Phi) is 4.79. The zero-order chi connectivity index (χ0) is 13.8. The Morgan fingerprint density at radius 1 is 1.32 bits per heavy atom. The number of carbonyl (C=O) groups is 1. The van der Waals surface area contributed by atoms with Crippen molar-refractivity contribution in [1.29, 1.82) is 0 Å². The van der Waals surface area contributed by atoms with Crippen LogP contribution < -0.4 is 4.90 Å². The second-order valence-corrected chi connectivity index (χ2v) is 4.52. The summed E-state index contributed by atoms with van der Waals surface area (Å²) in [6.07, 6.45) is 0. The van der Waals surface area contributed by atoms with E-state index in [0.717, 1.165) is 0 Å². The number of morpholine rings is 1. The first-order chi connectivity index (χ1) is 9.13. The molecule has 1 saturated heterocycles. The molecule has 0 aromatic carbocycles. The van der Waals surface area contributed by atoms with Crippen LogP contribution in [-0.2, 0) is 9.47 Å². The molecule has 0 aliphatic carbocycles. The zero-order valence-corrected chi connectivity index (χ0v) is 11.9. The van der Waals surface area contributed by atoms with Crippen LogP contribution in [0.5, 0.6) is 0 Å². The third-order valence-corrected chi connectivity index (χ3v) is 3.13. The molecule has 0 N–H and O–H groups in total. The van der Waals surface area contributed by atoms with Crippen LogP contribution in [0, 0.1) is 0 Å². The number of hydrogen-bond acceptors (Lipinski definition) is 6. The van der Waals surface area contributed by atoms with Gasteiger partial charge in [-0.25, -0.2) is 4.79 Å². The fourth-order valence-corrected chi connectivity index (χ4v) is 2.21. The van der Waals surface area contributed by atoms with Crippen LogP contribution in [0.4, 0.5) is 5.95 Å². The van der Waals surface area contributed by atoms with Crippen LogP contribution in [0.15, 0.2) is 0 Å². The van der Waals surface area contributed by atoms with Crippen molar-refractivity contribution >= 4 is 35.1 Å². The van der Waals surface area contributed by atoms with Gasteiger partial charge in [-0.1, -0.05) is 23.2 Å². The van der Waals surface area contributed by atoms with Crippen LogP contribution >= 0.6 is 23.2 Å². The molecule has 0 saturated carbocycles. The normalized spacial score (nSPS) is 15.4. The van der Waals surface area contributed by atoms with Gasteiger partial charge in [-0.2, -0.15) is 9.97 Å². The van der Waals surface area contributed by atoms with E-state index in [9.17, 15) is 4.79 Å². The minimum Gasteiger partial charge on any atom is -0.462 e. The fraction of sp³-hybridized carbons (Fsp3) is 0.545. The van der Waals surface area contributed by atoms with E-state index in [1.807, 2.05) is 4.90 Å². The molecule has 1 aromatic rings. The fourth-order valence-electron chi connectivity index (χ4n) is 1.67. The van der Waals surface area contributed by atoms with E-state index in [-0.39, 0.29) is 22.5 Å². The van der Waals surface area contributed by atoms with Crippen molar-refractivity contribution in [3.05, 3.63) is 15.9 Å². The molecule has 1 fully saturated rings. The van der Waals surface area contributed by atoms with Gasteiger partial charge in [-0.15, -0.1) is 0 Å². The van der Waals surface area contributed by atoms with Gasteiger partial charge in [0.05, 0.1) is 19.8 Å². The average Bonchev–Trinajstić information content (AvgIpc) is 2.39. The molecule has 8 heteroatoms. The summed E-state index contributed by atoms with van der Waals surface area (Å²) in [5.41, 5.74) is 0.00203. The van der Waals surface area contributed by atoms with E-state index in [1.54, 1.807) is 6.92 Å². The Bertz CT molecular complexity index is 455. The highest BCUT2D eigenvalue weighted by Gasteiger charge is 2.23. The van der Waals surface area contributed by atoms with E-state index in [1.165, 1.54) is 0 Å². The average molecular weight is 306 g/mol. The second-order valence-electron chi connectivity index (χ2n) is 3.80. The molecule has 1 aliphatic heterocycles. The summed E-state index contributed by atoms with van der Waals surface area (Å²) < 4.78 is 10.1. The molecule has 1 aromatic heterocycles. The highest BCUT2D eigenvalue weighted by Crippen LogP contribution is 2.25. The quantitative estimate of drug-likeness (QED) is 0.627. The van der Waals surface area contributed by atoms with Crippen molar-refractivity contribution in [2.24, 2.45) is 0 Å². The Hall–Kier alpha value is -1.11. The summed E-state index contributed by atoms with van der Waals surface area (Å²) in [5.74, 6) is -0.225. The number of carbonyl (C=O) groups excluding carboxylic acids is 1. The van der Waals surface area contributed by atoms with Gasteiger partial charge in [0.15, 0.2) is 10.3 Å². The predicted octanol–water partition coefficient (Wildman–Crippen LogP) is 1.80. The van der Waals surface area contributed by atoms with Gasteiger partial charge in [0.25, 0.3) is 0 Å². The lowest BCUT2D eigenvalue weighted by atomic mass is 10.3. The third-order valence-electron chi connectivity index (χ3n) is 2.58. The Balaban J connectivity index is 2.27. The standard InChI is InChI=1S/C11H13Cl2N3O3/c1-2-19-10(17)7-8(12)14-11(15-9(7)13)16-3-5-18-6-4-16/h2-6H2,1H3. The molecular weight excluding hydrogens is 293 g/mol. The van der Waals surface area contributed by atoms with E-state index in [2.05, 4.69) is 9.97 Å². The van der Waals surface area contributed by atoms with Crippen molar-refractivity contribution < 1.29 is 14.3 Å². The molecule has 0 bridgehead atoms. The van der Waals surface area contributed by atoms with Crippen LogP contribution in [0.1, 0.15) is 17.3 Å². The maximum absolute atomic E-state index is 11.7.